The second-order valence-electron chi connectivity index (χ2n) is 5.82. The number of anilines is 1. The van der Waals surface area contributed by atoms with E-state index >= 15 is 0 Å². The lowest BCUT2D eigenvalue weighted by molar-refractivity contribution is -0.384. The molecule has 140 valence electrons. The number of nitrogens with one attached hydrogen (secondary N) is 1. The van der Waals surface area contributed by atoms with Crippen LogP contribution in [0, 0.1) is 17.0 Å². The van der Waals surface area contributed by atoms with E-state index in [1.165, 1.54) is 12.1 Å². The van der Waals surface area contributed by atoms with E-state index in [2.05, 4.69) is 15.5 Å². The summed E-state index contributed by atoms with van der Waals surface area (Å²) in [7, 11) is 0. The molecule has 10 heteroatoms. The van der Waals surface area contributed by atoms with Gasteiger partial charge in [0.15, 0.2) is 5.13 Å². The van der Waals surface area contributed by atoms with E-state index in [-0.39, 0.29) is 11.3 Å². The largest absolute Gasteiger partial charge is 0.360 e. The summed E-state index contributed by atoms with van der Waals surface area (Å²) in [6.45, 7) is 1.63. The molecule has 1 amide bonds. The van der Waals surface area contributed by atoms with Crippen LogP contribution in [-0.4, -0.2) is 21.0 Å². The maximum absolute atomic E-state index is 12.9. The van der Waals surface area contributed by atoms with Crippen molar-refractivity contribution in [2.75, 3.05) is 5.32 Å². The Labute approximate surface area is 166 Å². The van der Waals surface area contributed by atoms with Crippen LogP contribution in [0.15, 0.2) is 47.0 Å². The standard InChI is InChI=1S/C18H11ClN4O4S/c1-9-15(16(22-27-9)11-4-2-3-5-12(11)19)17(24)21-18-20-13-7-6-10(23(25)26)8-14(13)28-18/h2-8H,1H3,(H,20,21,24). The third-order valence-corrected chi connectivity index (χ3v) is 5.29. The fourth-order valence-electron chi connectivity index (χ4n) is 2.72. The molecule has 1 N–H and O–H groups in total. The first-order chi connectivity index (χ1) is 13.4. The van der Waals surface area contributed by atoms with E-state index in [0.29, 0.717) is 37.4 Å². The van der Waals surface area contributed by atoms with Crippen LogP contribution >= 0.6 is 22.9 Å². The zero-order chi connectivity index (χ0) is 19.8. The van der Waals surface area contributed by atoms with Crippen LogP contribution in [-0.2, 0) is 0 Å². The van der Waals surface area contributed by atoms with Gasteiger partial charge in [0.1, 0.15) is 17.0 Å². The van der Waals surface area contributed by atoms with Crippen molar-refractivity contribution in [3.63, 3.8) is 0 Å². The molecule has 0 fully saturated rings. The van der Waals surface area contributed by atoms with Crippen LogP contribution in [0.1, 0.15) is 16.1 Å². The molecule has 2 aromatic heterocycles. The summed E-state index contributed by atoms with van der Waals surface area (Å²) in [6.07, 6.45) is 0. The predicted molar refractivity (Wildman–Crippen MR) is 106 cm³/mol. The number of nitrogens with zero attached hydrogens (tertiary/aromatic N) is 3. The van der Waals surface area contributed by atoms with Crippen LogP contribution in [0.2, 0.25) is 5.02 Å². The lowest BCUT2D eigenvalue weighted by Gasteiger charge is -2.04. The molecule has 0 aliphatic rings. The highest BCUT2D eigenvalue weighted by molar-refractivity contribution is 7.22. The number of hydrogen-bond donors (Lipinski definition) is 1. The van der Waals surface area contributed by atoms with Gasteiger partial charge in [-0.25, -0.2) is 4.98 Å². The number of fused-ring (bicyclic) bond motifs is 1. The molecule has 2 heterocycles. The van der Waals surface area contributed by atoms with E-state index in [1.807, 2.05) is 0 Å². The fraction of sp³-hybridized carbons (Fsp3) is 0.0556. The van der Waals surface area contributed by atoms with Gasteiger partial charge in [0.05, 0.1) is 20.2 Å². The molecule has 0 aliphatic carbocycles. The monoisotopic (exact) mass is 414 g/mol. The minimum Gasteiger partial charge on any atom is -0.360 e. The number of carbonyl (C=O) groups excluding carboxylic acids is 1. The zero-order valence-corrected chi connectivity index (χ0v) is 15.9. The molecule has 4 rings (SSSR count). The maximum atomic E-state index is 12.9. The van der Waals surface area contributed by atoms with E-state index in [9.17, 15) is 14.9 Å². The Bertz CT molecular complexity index is 1230. The highest BCUT2D eigenvalue weighted by atomic mass is 35.5. The van der Waals surface area contributed by atoms with Crippen molar-refractivity contribution in [3.05, 3.63) is 68.9 Å². The van der Waals surface area contributed by atoms with Gasteiger partial charge in [-0.15, -0.1) is 0 Å². The summed E-state index contributed by atoms with van der Waals surface area (Å²) < 4.78 is 5.80. The number of nitro groups is 1. The molecule has 0 saturated carbocycles. The Morgan fingerprint density at radius 1 is 1.29 bits per heavy atom. The third-order valence-electron chi connectivity index (χ3n) is 4.02. The molecule has 4 aromatic rings. The van der Waals surface area contributed by atoms with E-state index in [0.717, 1.165) is 11.3 Å². The molecule has 2 aromatic carbocycles. The van der Waals surface area contributed by atoms with Gasteiger partial charge in [0.2, 0.25) is 0 Å². The predicted octanol–water partition coefficient (Wildman–Crippen LogP) is 5.07. The lowest BCUT2D eigenvalue weighted by Crippen LogP contribution is -2.13. The van der Waals surface area contributed by atoms with Gasteiger partial charge in [-0.05, 0) is 19.1 Å². The molecule has 0 unspecified atom stereocenters. The minimum absolute atomic E-state index is 0.0371. The number of nitro benzene ring substituents is 1. The number of thiazole rings is 1. The third kappa shape index (κ3) is 3.21. The first-order valence-corrected chi connectivity index (χ1v) is 9.21. The Balaban J connectivity index is 1.68. The van der Waals surface area contributed by atoms with Crippen LogP contribution in [0.3, 0.4) is 0 Å². The first-order valence-electron chi connectivity index (χ1n) is 8.01. The van der Waals surface area contributed by atoms with Gasteiger partial charge >= 0.3 is 0 Å². The Morgan fingerprint density at radius 3 is 2.82 bits per heavy atom. The molecule has 0 radical (unpaired) electrons. The topological polar surface area (TPSA) is 111 Å². The Kier molecular flexibility index (Phi) is 4.54. The number of benzene rings is 2. The smallest absolute Gasteiger partial charge is 0.270 e. The quantitative estimate of drug-likeness (QED) is 0.368. The molecular formula is C18H11ClN4O4S. The number of non-ortho nitro benzene ring substituents is 1. The van der Waals surface area contributed by atoms with E-state index < -0.39 is 10.8 Å². The van der Waals surface area contributed by atoms with Crippen molar-refractivity contribution < 1.29 is 14.2 Å². The zero-order valence-electron chi connectivity index (χ0n) is 14.3. The molecule has 8 nitrogen and oxygen atoms in total. The van der Waals surface area contributed by atoms with Crippen molar-refractivity contribution in [1.82, 2.24) is 10.1 Å². The summed E-state index contributed by atoms with van der Waals surface area (Å²) in [5.74, 6) is -0.119. The average molecular weight is 415 g/mol. The number of rotatable bonds is 4. The van der Waals surface area contributed by atoms with Gasteiger partial charge in [0, 0.05) is 17.7 Å². The molecular weight excluding hydrogens is 404 g/mol. The summed E-state index contributed by atoms with van der Waals surface area (Å²) in [5.41, 5.74) is 1.67. The van der Waals surface area contributed by atoms with Crippen molar-refractivity contribution in [3.8, 4) is 11.3 Å². The SMILES string of the molecule is Cc1onc(-c2ccccc2Cl)c1C(=O)Nc1nc2ccc([N+](=O)[O-])cc2s1. The number of aryl methyl sites for hydroxylation is 1. The van der Waals surface area contributed by atoms with Crippen LogP contribution in [0.5, 0.6) is 0 Å². The molecule has 28 heavy (non-hydrogen) atoms. The number of hydrogen-bond acceptors (Lipinski definition) is 7. The van der Waals surface area contributed by atoms with Gasteiger partial charge in [-0.1, -0.05) is 46.3 Å². The summed E-state index contributed by atoms with van der Waals surface area (Å²) in [6, 6.07) is 11.3. The Morgan fingerprint density at radius 2 is 2.07 bits per heavy atom. The van der Waals surface area contributed by atoms with Crippen LogP contribution < -0.4 is 5.32 Å². The Hall–Kier alpha value is -3.30. The van der Waals surface area contributed by atoms with E-state index in [1.54, 1.807) is 37.3 Å². The van der Waals surface area contributed by atoms with Gasteiger partial charge < -0.3 is 4.52 Å². The molecule has 0 atom stereocenters. The van der Waals surface area contributed by atoms with Gasteiger partial charge in [-0.3, -0.25) is 20.2 Å². The van der Waals surface area contributed by atoms with Crippen molar-refractivity contribution in [1.29, 1.82) is 0 Å². The highest BCUT2D eigenvalue weighted by Gasteiger charge is 2.24. The highest BCUT2D eigenvalue weighted by Crippen LogP contribution is 2.33. The normalized spacial score (nSPS) is 10.9. The second-order valence-corrected chi connectivity index (χ2v) is 7.26. The van der Waals surface area contributed by atoms with Crippen LogP contribution in [0.4, 0.5) is 10.8 Å². The first kappa shape index (κ1) is 18.1. The number of amides is 1. The fourth-order valence-corrected chi connectivity index (χ4v) is 3.84. The van der Waals surface area contributed by atoms with Crippen molar-refractivity contribution in [2.45, 2.75) is 6.92 Å². The summed E-state index contributed by atoms with van der Waals surface area (Å²) >= 11 is 7.36. The van der Waals surface area contributed by atoms with Gasteiger partial charge in [0.25, 0.3) is 11.6 Å². The summed E-state index contributed by atoms with van der Waals surface area (Å²) in [5, 5.41) is 18.3. The van der Waals surface area contributed by atoms with Crippen molar-refractivity contribution in [2.24, 2.45) is 0 Å². The maximum Gasteiger partial charge on any atom is 0.270 e. The number of carbonyl (C=O) groups is 1. The van der Waals surface area contributed by atoms with Gasteiger partial charge in [-0.2, -0.15) is 0 Å². The number of halogens is 1. The molecule has 0 saturated heterocycles. The molecule has 0 spiro atoms. The summed E-state index contributed by atoms with van der Waals surface area (Å²) in [4.78, 5) is 27.6. The second kappa shape index (κ2) is 7.02. The van der Waals surface area contributed by atoms with Crippen molar-refractivity contribution >= 4 is 49.9 Å². The number of aromatic nitrogens is 2. The van der Waals surface area contributed by atoms with E-state index in [4.69, 9.17) is 16.1 Å². The minimum atomic E-state index is -0.478. The molecule has 0 aliphatic heterocycles. The lowest BCUT2D eigenvalue weighted by atomic mass is 10.1. The average Bonchev–Trinajstić information content (AvgIpc) is 3.24. The molecule has 0 bridgehead atoms. The van der Waals surface area contributed by atoms with Crippen LogP contribution in [0.25, 0.3) is 21.5 Å².